The van der Waals surface area contributed by atoms with Gasteiger partial charge in [-0.05, 0) is 11.6 Å². The van der Waals surface area contributed by atoms with Crippen LogP contribution in [-0.2, 0) is 20.0 Å². The van der Waals surface area contributed by atoms with Crippen LogP contribution in [0, 0.1) is 0 Å². The summed E-state index contributed by atoms with van der Waals surface area (Å²) < 4.78 is 9.22. The monoisotopic (exact) mass is 254 g/mol. The molecule has 0 bridgehead atoms. The van der Waals surface area contributed by atoms with Crippen LogP contribution in [0.2, 0.25) is 0 Å². The molecule has 0 aliphatic heterocycles. The van der Waals surface area contributed by atoms with Crippen molar-refractivity contribution < 1.29 is 19.1 Å². The number of carbonyl (C=O) groups excluding carboxylic acids is 2. The number of carbonyl (C=O) groups is 2. The minimum atomic E-state index is -0.362. The topological polar surface area (TPSA) is 52.6 Å². The van der Waals surface area contributed by atoms with Gasteiger partial charge in [-0.25, -0.2) is 4.79 Å². The Morgan fingerprint density at radius 1 is 1.18 bits per heavy atom. The van der Waals surface area contributed by atoms with Crippen LogP contribution in [-0.4, -0.2) is 31.9 Å². The van der Waals surface area contributed by atoms with E-state index in [-0.39, 0.29) is 17.7 Å². The minimum Gasteiger partial charge on any atom is -0.468 e. The fourth-order valence-corrected chi connectivity index (χ4v) is 2.12. The third-order valence-corrected chi connectivity index (χ3v) is 3.08. The van der Waals surface area contributed by atoms with Crippen molar-refractivity contribution in [2.45, 2.75) is 5.75 Å². The number of thioether (sulfide) groups is 1. The van der Waals surface area contributed by atoms with Crippen molar-refractivity contribution in [1.82, 2.24) is 0 Å². The van der Waals surface area contributed by atoms with Gasteiger partial charge in [-0.15, -0.1) is 11.8 Å². The summed E-state index contributed by atoms with van der Waals surface area (Å²) in [6.07, 6.45) is 0. The van der Waals surface area contributed by atoms with Crippen LogP contribution in [0.5, 0.6) is 0 Å². The lowest BCUT2D eigenvalue weighted by Gasteiger charge is -2.06. The SMILES string of the molecule is COC(=O)CSCc1ccccc1C(=O)OC. The first-order chi connectivity index (χ1) is 8.19. The Kier molecular flexibility index (Phi) is 5.56. The van der Waals surface area contributed by atoms with Gasteiger partial charge < -0.3 is 9.47 Å². The molecule has 1 aromatic rings. The first kappa shape index (κ1) is 13.6. The van der Waals surface area contributed by atoms with Crippen molar-refractivity contribution in [3.63, 3.8) is 0 Å². The maximum atomic E-state index is 11.5. The Balaban J connectivity index is 2.64. The third kappa shape index (κ3) is 4.11. The van der Waals surface area contributed by atoms with Crippen LogP contribution in [0.25, 0.3) is 0 Å². The lowest BCUT2D eigenvalue weighted by Crippen LogP contribution is -2.06. The average molecular weight is 254 g/mol. The summed E-state index contributed by atoms with van der Waals surface area (Å²) in [6.45, 7) is 0. The molecule has 0 amide bonds. The number of hydrogen-bond acceptors (Lipinski definition) is 5. The van der Waals surface area contributed by atoms with E-state index in [1.807, 2.05) is 12.1 Å². The van der Waals surface area contributed by atoms with Crippen molar-refractivity contribution in [3.8, 4) is 0 Å². The van der Waals surface area contributed by atoms with Gasteiger partial charge in [0.05, 0.1) is 25.5 Å². The number of benzene rings is 1. The molecule has 0 radical (unpaired) electrons. The number of rotatable bonds is 5. The summed E-state index contributed by atoms with van der Waals surface area (Å²) >= 11 is 1.40. The van der Waals surface area contributed by atoms with E-state index in [0.29, 0.717) is 11.3 Å². The lowest BCUT2D eigenvalue weighted by molar-refractivity contribution is -0.137. The zero-order valence-electron chi connectivity index (χ0n) is 9.76. The van der Waals surface area contributed by atoms with Gasteiger partial charge >= 0.3 is 11.9 Å². The molecule has 92 valence electrons. The van der Waals surface area contributed by atoms with Gasteiger partial charge in [-0.3, -0.25) is 4.79 Å². The zero-order valence-corrected chi connectivity index (χ0v) is 10.6. The Bertz CT molecular complexity index is 403. The summed E-state index contributed by atoms with van der Waals surface area (Å²) in [7, 11) is 2.70. The molecule has 0 N–H and O–H groups in total. The second-order valence-electron chi connectivity index (χ2n) is 3.22. The minimum absolute atomic E-state index is 0.270. The van der Waals surface area contributed by atoms with Crippen LogP contribution in [0.3, 0.4) is 0 Å². The predicted octanol–water partition coefficient (Wildman–Crippen LogP) is 1.88. The van der Waals surface area contributed by atoms with E-state index in [4.69, 9.17) is 0 Å². The highest BCUT2D eigenvalue weighted by atomic mass is 32.2. The molecule has 0 unspecified atom stereocenters. The summed E-state index contributed by atoms with van der Waals surface area (Å²) in [6, 6.07) is 7.18. The molecule has 1 aromatic carbocycles. The summed E-state index contributed by atoms with van der Waals surface area (Å²) in [5.41, 5.74) is 1.39. The lowest BCUT2D eigenvalue weighted by atomic mass is 10.1. The number of methoxy groups -OCH3 is 2. The summed E-state index contributed by atoms with van der Waals surface area (Å²) in [5.74, 6) is 0.205. The standard InChI is InChI=1S/C12H14O4S/c1-15-11(13)8-17-7-9-5-3-4-6-10(9)12(14)16-2/h3-6H,7-8H2,1-2H3. The molecule has 0 saturated carbocycles. The molecule has 0 fully saturated rings. The highest BCUT2D eigenvalue weighted by Gasteiger charge is 2.11. The van der Waals surface area contributed by atoms with E-state index < -0.39 is 0 Å². The average Bonchev–Trinajstić information content (AvgIpc) is 2.38. The van der Waals surface area contributed by atoms with E-state index >= 15 is 0 Å². The summed E-state index contributed by atoms with van der Waals surface area (Å²) in [5, 5.41) is 0. The fourth-order valence-electron chi connectivity index (χ4n) is 1.26. The Hall–Kier alpha value is -1.49. The van der Waals surface area contributed by atoms with Crippen molar-refractivity contribution in [3.05, 3.63) is 35.4 Å². The summed E-state index contributed by atoms with van der Waals surface area (Å²) in [4.78, 5) is 22.4. The van der Waals surface area contributed by atoms with E-state index in [0.717, 1.165) is 5.56 Å². The van der Waals surface area contributed by atoms with Crippen molar-refractivity contribution >= 4 is 23.7 Å². The molecule has 0 heterocycles. The van der Waals surface area contributed by atoms with Crippen LogP contribution in [0.4, 0.5) is 0 Å². The molecule has 17 heavy (non-hydrogen) atoms. The first-order valence-corrected chi connectivity index (χ1v) is 6.15. The maximum Gasteiger partial charge on any atom is 0.338 e. The number of esters is 2. The first-order valence-electron chi connectivity index (χ1n) is 4.99. The van der Waals surface area contributed by atoms with E-state index in [1.165, 1.54) is 26.0 Å². The van der Waals surface area contributed by atoms with E-state index in [1.54, 1.807) is 12.1 Å². The van der Waals surface area contributed by atoms with Gasteiger partial charge in [0.1, 0.15) is 0 Å². The fraction of sp³-hybridized carbons (Fsp3) is 0.333. The molecule has 5 heteroatoms. The van der Waals surface area contributed by atoms with E-state index in [2.05, 4.69) is 9.47 Å². The van der Waals surface area contributed by atoms with Crippen LogP contribution in [0.1, 0.15) is 15.9 Å². The quantitative estimate of drug-likeness (QED) is 0.751. The van der Waals surface area contributed by atoms with Gasteiger partial charge in [-0.2, -0.15) is 0 Å². The van der Waals surface area contributed by atoms with E-state index in [9.17, 15) is 9.59 Å². The largest absolute Gasteiger partial charge is 0.468 e. The Morgan fingerprint density at radius 3 is 2.53 bits per heavy atom. The smallest absolute Gasteiger partial charge is 0.338 e. The second-order valence-corrected chi connectivity index (χ2v) is 4.20. The van der Waals surface area contributed by atoms with Crippen LogP contribution < -0.4 is 0 Å². The highest BCUT2D eigenvalue weighted by Crippen LogP contribution is 2.17. The highest BCUT2D eigenvalue weighted by molar-refractivity contribution is 7.99. The van der Waals surface area contributed by atoms with Gasteiger partial charge in [0, 0.05) is 5.75 Å². The van der Waals surface area contributed by atoms with Crippen LogP contribution >= 0.6 is 11.8 Å². The molecule has 0 aliphatic rings. The number of hydrogen-bond donors (Lipinski definition) is 0. The van der Waals surface area contributed by atoms with Crippen molar-refractivity contribution in [2.75, 3.05) is 20.0 Å². The van der Waals surface area contributed by atoms with Gasteiger partial charge in [-0.1, -0.05) is 18.2 Å². The molecule has 0 aliphatic carbocycles. The molecular weight excluding hydrogens is 240 g/mol. The van der Waals surface area contributed by atoms with Crippen LogP contribution in [0.15, 0.2) is 24.3 Å². The van der Waals surface area contributed by atoms with Gasteiger partial charge in [0.15, 0.2) is 0 Å². The van der Waals surface area contributed by atoms with Crippen molar-refractivity contribution in [1.29, 1.82) is 0 Å². The normalized spacial score (nSPS) is 9.76. The van der Waals surface area contributed by atoms with Gasteiger partial charge in [0.25, 0.3) is 0 Å². The third-order valence-electron chi connectivity index (χ3n) is 2.13. The molecule has 0 atom stereocenters. The number of ether oxygens (including phenoxy) is 2. The predicted molar refractivity (Wildman–Crippen MR) is 66.0 cm³/mol. The molecular formula is C12H14O4S. The van der Waals surface area contributed by atoms with Gasteiger partial charge in [0.2, 0.25) is 0 Å². The maximum absolute atomic E-state index is 11.5. The Morgan fingerprint density at radius 2 is 1.88 bits per heavy atom. The zero-order chi connectivity index (χ0) is 12.7. The molecule has 4 nitrogen and oxygen atoms in total. The van der Waals surface area contributed by atoms with Crippen molar-refractivity contribution in [2.24, 2.45) is 0 Å². The molecule has 1 rings (SSSR count). The second kappa shape index (κ2) is 6.96. The Labute approximate surface area is 104 Å². The molecule has 0 aromatic heterocycles. The molecule has 0 spiro atoms. The molecule has 0 saturated heterocycles.